The van der Waals surface area contributed by atoms with E-state index in [1.165, 1.54) is 6.33 Å². The van der Waals surface area contributed by atoms with Crippen molar-refractivity contribution >= 4 is 11.5 Å². The Labute approximate surface area is 134 Å². The van der Waals surface area contributed by atoms with Crippen LogP contribution in [-0.2, 0) is 0 Å². The number of hydrogen-bond acceptors (Lipinski definition) is 5. The Hall–Kier alpha value is -3.08. The number of phenols is 1. The molecule has 3 rings (SSSR count). The minimum atomic E-state index is 0.244. The summed E-state index contributed by atoms with van der Waals surface area (Å²) in [7, 11) is 1.63. The summed E-state index contributed by atoms with van der Waals surface area (Å²) in [5.41, 5.74) is 3.24. The Morgan fingerprint density at radius 2 is 1.87 bits per heavy atom. The SMILES string of the molecule is COc1ccccc1-c1cc(Nc2ccc(C)c(O)c2)ncn1. The number of para-hydroxylation sites is 1. The number of aromatic nitrogens is 2. The summed E-state index contributed by atoms with van der Waals surface area (Å²) in [5.74, 6) is 1.64. The second kappa shape index (κ2) is 6.36. The molecule has 0 saturated carbocycles. The highest BCUT2D eigenvalue weighted by Crippen LogP contribution is 2.30. The highest BCUT2D eigenvalue weighted by atomic mass is 16.5. The van der Waals surface area contributed by atoms with Gasteiger partial charge in [-0.1, -0.05) is 18.2 Å². The van der Waals surface area contributed by atoms with Gasteiger partial charge in [0.2, 0.25) is 0 Å². The van der Waals surface area contributed by atoms with Crippen LogP contribution in [-0.4, -0.2) is 22.2 Å². The molecule has 0 amide bonds. The van der Waals surface area contributed by atoms with Crippen LogP contribution in [0.2, 0.25) is 0 Å². The largest absolute Gasteiger partial charge is 0.508 e. The molecule has 1 aromatic heterocycles. The van der Waals surface area contributed by atoms with Gasteiger partial charge in [-0.05, 0) is 30.7 Å². The number of benzene rings is 2. The van der Waals surface area contributed by atoms with Crippen LogP contribution < -0.4 is 10.1 Å². The summed E-state index contributed by atoms with van der Waals surface area (Å²) in [4.78, 5) is 8.53. The average Bonchev–Trinajstić information content (AvgIpc) is 2.58. The lowest BCUT2D eigenvalue weighted by molar-refractivity contribution is 0.416. The van der Waals surface area contributed by atoms with Crippen molar-refractivity contribution in [2.24, 2.45) is 0 Å². The van der Waals surface area contributed by atoms with Gasteiger partial charge in [0.25, 0.3) is 0 Å². The van der Waals surface area contributed by atoms with Crippen molar-refractivity contribution in [1.29, 1.82) is 0 Å². The van der Waals surface area contributed by atoms with Gasteiger partial charge in [0.1, 0.15) is 23.6 Å². The van der Waals surface area contributed by atoms with Crippen LogP contribution >= 0.6 is 0 Å². The van der Waals surface area contributed by atoms with Crippen molar-refractivity contribution in [3.8, 4) is 22.8 Å². The number of anilines is 2. The summed E-state index contributed by atoms with van der Waals surface area (Å²) in [6.07, 6.45) is 1.50. The molecule has 0 radical (unpaired) electrons. The minimum Gasteiger partial charge on any atom is -0.508 e. The molecular weight excluding hydrogens is 290 g/mol. The van der Waals surface area contributed by atoms with Crippen LogP contribution in [0.25, 0.3) is 11.3 Å². The first-order valence-corrected chi connectivity index (χ1v) is 7.19. The molecule has 0 aliphatic rings. The monoisotopic (exact) mass is 307 g/mol. The Kier molecular flexibility index (Phi) is 4.10. The second-order valence-corrected chi connectivity index (χ2v) is 5.12. The van der Waals surface area contributed by atoms with Crippen molar-refractivity contribution in [3.05, 3.63) is 60.4 Å². The van der Waals surface area contributed by atoms with Crippen molar-refractivity contribution in [1.82, 2.24) is 9.97 Å². The van der Waals surface area contributed by atoms with E-state index in [0.29, 0.717) is 5.82 Å². The minimum absolute atomic E-state index is 0.244. The number of nitrogens with one attached hydrogen (secondary N) is 1. The molecule has 2 aromatic carbocycles. The lowest BCUT2D eigenvalue weighted by Gasteiger charge is -2.10. The van der Waals surface area contributed by atoms with E-state index in [0.717, 1.165) is 28.3 Å². The zero-order valence-corrected chi connectivity index (χ0v) is 12.9. The molecule has 0 spiro atoms. The lowest BCUT2D eigenvalue weighted by atomic mass is 10.1. The van der Waals surface area contributed by atoms with E-state index in [2.05, 4.69) is 15.3 Å². The maximum atomic E-state index is 9.79. The molecule has 0 unspecified atom stereocenters. The standard InChI is InChI=1S/C18H17N3O2/c1-12-7-8-13(9-16(12)22)21-18-10-15(19-11-20-18)14-5-3-4-6-17(14)23-2/h3-11,22H,1-2H3,(H,19,20,21). The fraction of sp³-hybridized carbons (Fsp3) is 0.111. The number of aryl methyl sites for hydroxylation is 1. The summed E-state index contributed by atoms with van der Waals surface area (Å²) in [6, 6.07) is 14.9. The van der Waals surface area contributed by atoms with Gasteiger partial charge in [0, 0.05) is 23.4 Å². The number of nitrogens with zero attached hydrogens (tertiary/aromatic N) is 2. The molecule has 2 N–H and O–H groups in total. The van der Waals surface area contributed by atoms with Gasteiger partial charge in [0.05, 0.1) is 12.8 Å². The third kappa shape index (κ3) is 3.23. The summed E-state index contributed by atoms with van der Waals surface area (Å²) >= 11 is 0. The van der Waals surface area contributed by atoms with E-state index in [1.807, 2.05) is 49.4 Å². The fourth-order valence-electron chi connectivity index (χ4n) is 2.26. The first kappa shape index (κ1) is 14.8. The number of phenolic OH excluding ortho intramolecular Hbond substituents is 1. The first-order valence-electron chi connectivity index (χ1n) is 7.19. The molecule has 0 saturated heterocycles. The Morgan fingerprint density at radius 1 is 1.04 bits per heavy atom. The number of aromatic hydroxyl groups is 1. The second-order valence-electron chi connectivity index (χ2n) is 5.12. The van der Waals surface area contributed by atoms with Crippen LogP contribution in [0.4, 0.5) is 11.5 Å². The molecule has 0 atom stereocenters. The normalized spacial score (nSPS) is 10.3. The molecule has 0 bridgehead atoms. The Bertz CT molecular complexity index is 834. The van der Waals surface area contributed by atoms with Gasteiger partial charge in [-0.3, -0.25) is 0 Å². The van der Waals surface area contributed by atoms with Gasteiger partial charge in [-0.15, -0.1) is 0 Å². The zero-order valence-electron chi connectivity index (χ0n) is 12.9. The maximum Gasteiger partial charge on any atom is 0.134 e. The molecule has 23 heavy (non-hydrogen) atoms. The predicted octanol–water partition coefficient (Wildman–Crippen LogP) is 3.91. The number of hydrogen-bond donors (Lipinski definition) is 2. The lowest BCUT2D eigenvalue weighted by Crippen LogP contribution is -1.96. The van der Waals surface area contributed by atoms with Crippen LogP contribution in [0.3, 0.4) is 0 Å². The van der Waals surface area contributed by atoms with Gasteiger partial charge in [-0.2, -0.15) is 0 Å². The van der Waals surface area contributed by atoms with Gasteiger partial charge in [-0.25, -0.2) is 9.97 Å². The van der Waals surface area contributed by atoms with Crippen LogP contribution in [0.1, 0.15) is 5.56 Å². The van der Waals surface area contributed by atoms with E-state index >= 15 is 0 Å². The number of rotatable bonds is 4. The predicted molar refractivity (Wildman–Crippen MR) is 90.1 cm³/mol. The van der Waals surface area contributed by atoms with Crippen molar-refractivity contribution in [2.45, 2.75) is 6.92 Å². The molecule has 5 heteroatoms. The number of methoxy groups -OCH3 is 1. The highest BCUT2D eigenvalue weighted by molar-refractivity contribution is 5.70. The molecule has 5 nitrogen and oxygen atoms in total. The molecule has 0 aliphatic heterocycles. The summed E-state index contributed by atoms with van der Waals surface area (Å²) < 4.78 is 5.37. The van der Waals surface area contributed by atoms with Crippen LogP contribution in [0.5, 0.6) is 11.5 Å². The van der Waals surface area contributed by atoms with E-state index in [4.69, 9.17) is 4.74 Å². The van der Waals surface area contributed by atoms with Crippen molar-refractivity contribution in [2.75, 3.05) is 12.4 Å². The average molecular weight is 307 g/mol. The van der Waals surface area contributed by atoms with Crippen molar-refractivity contribution < 1.29 is 9.84 Å². The molecular formula is C18H17N3O2. The first-order chi connectivity index (χ1) is 11.2. The molecule has 3 aromatic rings. The van der Waals surface area contributed by atoms with Gasteiger partial charge < -0.3 is 15.2 Å². The summed E-state index contributed by atoms with van der Waals surface area (Å²) in [5, 5.41) is 13.0. The van der Waals surface area contributed by atoms with E-state index in [1.54, 1.807) is 13.2 Å². The third-order valence-electron chi connectivity index (χ3n) is 3.53. The van der Waals surface area contributed by atoms with E-state index in [-0.39, 0.29) is 5.75 Å². The van der Waals surface area contributed by atoms with E-state index in [9.17, 15) is 5.11 Å². The Balaban J connectivity index is 1.92. The molecule has 0 aliphatic carbocycles. The number of ether oxygens (including phenoxy) is 1. The Morgan fingerprint density at radius 3 is 2.65 bits per heavy atom. The van der Waals surface area contributed by atoms with Gasteiger partial charge in [0.15, 0.2) is 0 Å². The van der Waals surface area contributed by atoms with Gasteiger partial charge >= 0.3 is 0 Å². The topological polar surface area (TPSA) is 67.3 Å². The zero-order chi connectivity index (χ0) is 16.2. The van der Waals surface area contributed by atoms with Crippen molar-refractivity contribution in [3.63, 3.8) is 0 Å². The maximum absolute atomic E-state index is 9.79. The quantitative estimate of drug-likeness (QED) is 0.765. The highest BCUT2D eigenvalue weighted by Gasteiger charge is 2.08. The molecule has 0 fully saturated rings. The van der Waals surface area contributed by atoms with E-state index < -0.39 is 0 Å². The fourth-order valence-corrected chi connectivity index (χ4v) is 2.26. The smallest absolute Gasteiger partial charge is 0.134 e. The summed E-state index contributed by atoms with van der Waals surface area (Å²) in [6.45, 7) is 1.85. The van der Waals surface area contributed by atoms with Crippen LogP contribution in [0, 0.1) is 6.92 Å². The molecule has 116 valence electrons. The molecule has 1 heterocycles. The third-order valence-corrected chi connectivity index (χ3v) is 3.53. The van der Waals surface area contributed by atoms with Crippen LogP contribution in [0.15, 0.2) is 54.9 Å².